The Bertz CT molecular complexity index is 412. The Morgan fingerprint density at radius 3 is 2.50 bits per heavy atom. The SMILES string of the molecule is CCCCCCCc1ccc(N2CCOC(C(C)C)C2)cc1. The van der Waals surface area contributed by atoms with Crippen molar-refractivity contribution in [3.63, 3.8) is 0 Å². The molecule has 1 aliphatic rings. The van der Waals surface area contributed by atoms with Gasteiger partial charge in [0.15, 0.2) is 0 Å². The van der Waals surface area contributed by atoms with Crippen molar-refractivity contribution < 1.29 is 4.74 Å². The van der Waals surface area contributed by atoms with Crippen molar-refractivity contribution in [2.45, 2.75) is 65.4 Å². The van der Waals surface area contributed by atoms with Crippen molar-refractivity contribution in [3.8, 4) is 0 Å². The third-order valence-electron chi connectivity index (χ3n) is 4.71. The zero-order valence-corrected chi connectivity index (χ0v) is 14.7. The van der Waals surface area contributed by atoms with Gasteiger partial charge in [-0.3, -0.25) is 0 Å². The van der Waals surface area contributed by atoms with Crippen molar-refractivity contribution >= 4 is 5.69 Å². The number of morpholine rings is 1. The fraction of sp³-hybridized carbons (Fsp3) is 0.700. The van der Waals surface area contributed by atoms with Gasteiger partial charge in [-0.1, -0.05) is 58.6 Å². The summed E-state index contributed by atoms with van der Waals surface area (Å²) >= 11 is 0. The third-order valence-corrected chi connectivity index (χ3v) is 4.71. The smallest absolute Gasteiger partial charge is 0.0773 e. The van der Waals surface area contributed by atoms with Crippen LogP contribution in [-0.4, -0.2) is 25.8 Å². The van der Waals surface area contributed by atoms with Crippen LogP contribution in [0, 0.1) is 5.92 Å². The van der Waals surface area contributed by atoms with Gasteiger partial charge in [0.2, 0.25) is 0 Å². The van der Waals surface area contributed by atoms with Gasteiger partial charge in [0.25, 0.3) is 0 Å². The van der Waals surface area contributed by atoms with Crippen molar-refractivity contribution in [2.24, 2.45) is 5.92 Å². The van der Waals surface area contributed by atoms with Gasteiger partial charge in [0, 0.05) is 18.8 Å². The monoisotopic (exact) mass is 303 g/mol. The highest BCUT2D eigenvalue weighted by Crippen LogP contribution is 2.22. The highest BCUT2D eigenvalue weighted by Gasteiger charge is 2.23. The van der Waals surface area contributed by atoms with Crippen LogP contribution in [0.25, 0.3) is 0 Å². The summed E-state index contributed by atoms with van der Waals surface area (Å²) < 4.78 is 5.86. The van der Waals surface area contributed by atoms with E-state index in [2.05, 4.69) is 49.9 Å². The Morgan fingerprint density at radius 1 is 1.09 bits per heavy atom. The van der Waals surface area contributed by atoms with Crippen molar-refractivity contribution in [1.29, 1.82) is 0 Å². The van der Waals surface area contributed by atoms with Gasteiger partial charge in [-0.05, 0) is 36.5 Å². The number of aryl methyl sites for hydroxylation is 1. The molecule has 2 rings (SSSR count). The van der Waals surface area contributed by atoms with E-state index < -0.39 is 0 Å². The van der Waals surface area contributed by atoms with Gasteiger partial charge in [-0.2, -0.15) is 0 Å². The normalized spacial score (nSPS) is 18.9. The largest absolute Gasteiger partial charge is 0.374 e. The molecular formula is C20H33NO. The van der Waals surface area contributed by atoms with E-state index >= 15 is 0 Å². The molecule has 0 aliphatic carbocycles. The number of unbranched alkanes of at least 4 members (excludes halogenated alkanes) is 4. The van der Waals surface area contributed by atoms with Gasteiger partial charge in [-0.15, -0.1) is 0 Å². The number of hydrogen-bond donors (Lipinski definition) is 0. The number of hydrogen-bond acceptors (Lipinski definition) is 2. The average Bonchev–Trinajstić information content (AvgIpc) is 2.55. The molecule has 124 valence electrons. The number of nitrogens with zero attached hydrogens (tertiary/aromatic N) is 1. The summed E-state index contributed by atoms with van der Waals surface area (Å²) in [5, 5.41) is 0. The second-order valence-corrected chi connectivity index (χ2v) is 6.93. The first-order valence-electron chi connectivity index (χ1n) is 9.16. The van der Waals surface area contributed by atoms with E-state index in [1.807, 2.05) is 0 Å². The van der Waals surface area contributed by atoms with Crippen LogP contribution in [0.2, 0.25) is 0 Å². The van der Waals surface area contributed by atoms with Crippen LogP contribution in [0.15, 0.2) is 24.3 Å². The standard InChI is InChI=1S/C20H33NO/c1-4-5-6-7-8-9-18-10-12-19(13-11-18)21-14-15-22-20(16-21)17(2)3/h10-13,17,20H,4-9,14-16H2,1-3H3. The van der Waals surface area contributed by atoms with Crippen LogP contribution in [0.1, 0.15) is 58.4 Å². The summed E-state index contributed by atoms with van der Waals surface area (Å²) in [6.45, 7) is 9.65. The third kappa shape index (κ3) is 5.31. The molecule has 0 radical (unpaired) electrons. The molecular weight excluding hydrogens is 270 g/mol. The lowest BCUT2D eigenvalue weighted by Crippen LogP contribution is -2.44. The molecule has 1 atom stereocenters. The Balaban J connectivity index is 1.81. The molecule has 0 amide bonds. The minimum absolute atomic E-state index is 0.368. The average molecular weight is 303 g/mol. The molecule has 1 unspecified atom stereocenters. The fourth-order valence-corrected chi connectivity index (χ4v) is 3.12. The predicted octanol–water partition coefficient (Wildman–Crippen LogP) is 5.06. The fourth-order valence-electron chi connectivity index (χ4n) is 3.12. The molecule has 0 N–H and O–H groups in total. The minimum Gasteiger partial charge on any atom is -0.374 e. The molecule has 0 bridgehead atoms. The first kappa shape index (κ1) is 17.3. The zero-order valence-electron chi connectivity index (χ0n) is 14.7. The lowest BCUT2D eigenvalue weighted by atomic mass is 10.0. The summed E-state index contributed by atoms with van der Waals surface area (Å²) in [4.78, 5) is 2.47. The molecule has 1 saturated heterocycles. The second kappa shape index (κ2) is 9.19. The first-order chi connectivity index (χ1) is 10.7. The van der Waals surface area contributed by atoms with Gasteiger partial charge in [0.1, 0.15) is 0 Å². The summed E-state index contributed by atoms with van der Waals surface area (Å²) in [7, 11) is 0. The molecule has 2 heteroatoms. The van der Waals surface area contributed by atoms with Gasteiger partial charge < -0.3 is 9.64 Å². The van der Waals surface area contributed by atoms with Crippen LogP contribution in [-0.2, 0) is 11.2 Å². The van der Waals surface area contributed by atoms with E-state index in [-0.39, 0.29) is 0 Å². The van der Waals surface area contributed by atoms with Crippen molar-refractivity contribution in [2.75, 3.05) is 24.6 Å². The molecule has 0 aromatic heterocycles. The number of rotatable bonds is 8. The molecule has 22 heavy (non-hydrogen) atoms. The van der Waals surface area contributed by atoms with Crippen LogP contribution < -0.4 is 4.90 Å². The lowest BCUT2D eigenvalue weighted by Gasteiger charge is -2.36. The summed E-state index contributed by atoms with van der Waals surface area (Å²) in [5.41, 5.74) is 2.83. The maximum absolute atomic E-state index is 5.86. The number of ether oxygens (including phenoxy) is 1. The van der Waals surface area contributed by atoms with Crippen LogP contribution in [0.4, 0.5) is 5.69 Å². The Kier molecular flexibility index (Phi) is 7.24. The van der Waals surface area contributed by atoms with E-state index in [9.17, 15) is 0 Å². The molecule has 1 aromatic rings. The second-order valence-electron chi connectivity index (χ2n) is 6.93. The quantitative estimate of drug-likeness (QED) is 0.622. The molecule has 1 heterocycles. The summed E-state index contributed by atoms with van der Waals surface area (Å²) in [6.07, 6.45) is 8.38. The number of benzene rings is 1. The molecule has 0 saturated carbocycles. The minimum atomic E-state index is 0.368. The Morgan fingerprint density at radius 2 is 1.82 bits per heavy atom. The van der Waals surface area contributed by atoms with E-state index in [4.69, 9.17) is 4.74 Å². The highest BCUT2D eigenvalue weighted by molar-refractivity contribution is 5.48. The van der Waals surface area contributed by atoms with E-state index in [1.54, 1.807) is 0 Å². The first-order valence-corrected chi connectivity index (χ1v) is 9.16. The van der Waals surface area contributed by atoms with Crippen LogP contribution in [0.3, 0.4) is 0 Å². The van der Waals surface area contributed by atoms with Gasteiger partial charge in [-0.25, -0.2) is 0 Å². The van der Waals surface area contributed by atoms with E-state index in [1.165, 1.54) is 49.8 Å². The molecule has 1 fully saturated rings. The van der Waals surface area contributed by atoms with Gasteiger partial charge in [0.05, 0.1) is 12.7 Å². The highest BCUT2D eigenvalue weighted by atomic mass is 16.5. The molecule has 1 aromatic carbocycles. The maximum Gasteiger partial charge on any atom is 0.0773 e. The maximum atomic E-state index is 5.86. The molecule has 2 nitrogen and oxygen atoms in total. The van der Waals surface area contributed by atoms with E-state index in [0.717, 1.165) is 19.7 Å². The van der Waals surface area contributed by atoms with Crippen molar-refractivity contribution in [3.05, 3.63) is 29.8 Å². The summed E-state index contributed by atoms with van der Waals surface area (Å²) in [6, 6.07) is 9.22. The molecule has 1 aliphatic heterocycles. The summed E-state index contributed by atoms with van der Waals surface area (Å²) in [5.74, 6) is 0.588. The zero-order chi connectivity index (χ0) is 15.8. The number of anilines is 1. The predicted molar refractivity (Wildman–Crippen MR) is 95.7 cm³/mol. The topological polar surface area (TPSA) is 12.5 Å². The van der Waals surface area contributed by atoms with Crippen LogP contribution in [0.5, 0.6) is 0 Å². The Hall–Kier alpha value is -1.02. The molecule has 0 spiro atoms. The van der Waals surface area contributed by atoms with Crippen LogP contribution >= 0.6 is 0 Å². The van der Waals surface area contributed by atoms with Gasteiger partial charge >= 0.3 is 0 Å². The lowest BCUT2D eigenvalue weighted by molar-refractivity contribution is 0.0114. The Labute approximate surface area is 136 Å². The van der Waals surface area contributed by atoms with E-state index in [0.29, 0.717) is 12.0 Å². The van der Waals surface area contributed by atoms with Crippen molar-refractivity contribution in [1.82, 2.24) is 0 Å².